The molecule has 34 heavy (non-hydrogen) atoms. The van der Waals surface area contributed by atoms with Crippen molar-refractivity contribution in [3.63, 3.8) is 0 Å². The third kappa shape index (κ3) is 7.07. The molecule has 0 fully saturated rings. The van der Waals surface area contributed by atoms with Crippen molar-refractivity contribution in [2.24, 2.45) is 0 Å². The van der Waals surface area contributed by atoms with Gasteiger partial charge in [0.2, 0.25) is 5.91 Å². The lowest BCUT2D eigenvalue weighted by Crippen LogP contribution is -2.15. The van der Waals surface area contributed by atoms with Crippen molar-refractivity contribution in [1.29, 1.82) is 0 Å². The number of amides is 1. The fraction of sp³-hybridized carbons (Fsp3) is 0.207. The van der Waals surface area contributed by atoms with Gasteiger partial charge in [0.1, 0.15) is 5.82 Å². The average Bonchev–Trinajstić information content (AvgIpc) is 2.79. The molecular weight excluding hydrogens is 425 g/mol. The molecule has 3 rings (SSSR count). The minimum atomic E-state index is -0.313. The molecule has 1 aromatic carbocycles. The number of carbonyl (C=O) groups is 1. The number of carbonyl (C=O) groups excluding carboxylic acids is 1. The van der Waals surface area contributed by atoms with Crippen LogP contribution in [0.25, 0.3) is 16.8 Å². The summed E-state index contributed by atoms with van der Waals surface area (Å²) in [6.07, 6.45) is 12.8. The summed E-state index contributed by atoms with van der Waals surface area (Å²) < 4.78 is 13.4. The summed E-state index contributed by atoms with van der Waals surface area (Å²) in [7, 11) is 0. The van der Waals surface area contributed by atoms with Crippen LogP contribution in [0.2, 0.25) is 0 Å². The summed E-state index contributed by atoms with van der Waals surface area (Å²) in [6, 6.07) is 11.8. The Labute approximate surface area is 201 Å². The highest BCUT2D eigenvalue weighted by Gasteiger charge is 2.10. The zero-order valence-electron chi connectivity index (χ0n) is 20.1. The van der Waals surface area contributed by atoms with E-state index in [1.807, 2.05) is 19.1 Å². The van der Waals surface area contributed by atoms with Gasteiger partial charge in [-0.15, -0.1) is 0 Å². The van der Waals surface area contributed by atoms with E-state index >= 15 is 0 Å². The lowest BCUT2D eigenvalue weighted by atomic mass is 10.0. The van der Waals surface area contributed by atoms with E-state index in [0.717, 1.165) is 28.8 Å². The Morgan fingerprint density at radius 2 is 1.91 bits per heavy atom. The van der Waals surface area contributed by atoms with Crippen molar-refractivity contribution in [2.45, 2.75) is 40.5 Å². The molecule has 5 heteroatoms. The zero-order chi connectivity index (χ0) is 24.5. The lowest BCUT2D eigenvalue weighted by Gasteiger charge is -2.10. The topological polar surface area (TPSA) is 54.9 Å². The summed E-state index contributed by atoms with van der Waals surface area (Å²) >= 11 is 0. The number of halogens is 1. The Kier molecular flexibility index (Phi) is 8.63. The first kappa shape index (κ1) is 24.8. The van der Waals surface area contributed by atoms with Gasteiger partial charge in [0.25, 0.3) is 0 Å². The molecule has 2 heterocycles. The molecule has 0 saturated heterocycles. The molecule has 0 radical (unpaired) electrons. The Balaban J connectivity index is 1.69. The Bertz CT molecular complexity index is 1240. The second-order valence-corrected chi connectivity index (χ2v) is 8.36. The highest BCUT2D eigenvalue weighted by atomic mass is 19.1. The summed E-state index contributed by atoms with van der Waals surface area (Å²) in [6.45, 7) is 8.23. The molecule has 3 aromatic rings. The molecule has 0 bridgehead atoms. The second kappa shape index (κ2) is 11.8. The highest BCUT2D eigenvalue weighted by molar-refractivity contribution is 5.92. The minimum absolute atomic E-state index is 0.153. The van der Waals surface area contributed by atoms with Gasteiger partial charge in [0, 0.05) is 17.3 Å². The predicted molar refractivity (Wildman–Crippen MR) is 138 cm³/mol. The molecule has 0 aliphatic rings. The van der Waals surface area contributed by atoms with E-state index in [9.17, 15) is 9.18 Å². The molecule has 1 N–H and O–H groups in total. The van der Waals surface area contributed by atoms with Crippen molar-refractivity contribution < 1.29 is 9.18 Å². The van der Waals surface area contributed by atoms with Crippen LogP contribution >= 0.6 is 0 Å². The number of anilines is 1. The first-order valence-corrected chi connectivity index (χ1v) is 11.3. The van der Waals surface area contributed by atoms with Crippen molar-refractivity contribution in [1.82, 2.24) is 9.97 Å². The Morgan fingerprint density at radius 3 is 2.56 bits per heavy atom. The van der Waals surface area contributed by atoms with E-state index in [1.165, 1.54) is 17.7 Å². The number of rotatable bonds is 8. The van der Waals surface area contributed by atoms with Gasteiger partial charge >= 0.3 is 0 Å². The molecule has 0 aliphatic heterocycles. The van der Waals surface area contributed by atoms with E-state index in [1.54, 1.807) is 36.7 Å². The summed E-state index contributed by atoms with van der Waals surface area (Å²) in [5.41, 5.74) is 6.91. The van der Waals surface area contributed by atoms with Crippen LogP contribution in [0.1, 0.15) is 44.0 Å². The number of aryl methyl sites for hydroxylation is 1. The SMILES string of the molecule is CC/C=C/C=C(\C=C(C)C)c1ncc(CC(=O)Nc2ccc(-c3cccc(F)c3)nc2)cc1C. The van der Waals surface area contributed by atoms with E-state index < -0.39 is 0 Å². The highest BCUT2D eigenvalue weighted by Crippen LogP contribution is 2.22. The number of aromatic nitrogens is 2. The predicted octanol–water partition coefficient (Wildman–Crippen LogP) is 7.09. The van der Waals surface area contributed by atoms with Crippen LogP contribution in [0, 0.1) is 12.7 Å². The second-order valence-electron chi connectivity index (χ2n) is 8.36. The molecule has 1 amide bonds. The lowest BCUT2D eigenvalue weighted by molar-refractivity contribution is -0.115. The third-order valence-corrected chi connectivity index (χ3v) is 5.03. The maximum absolute atomic E-state index is 13.4. The standard InChI is InChI=1S/C29H30FN3O/c1-5-6-7-9-24(14-20(2)3)29-21(4)15-22(18-32-29)16-28(34)33-26-12-13-27(31-19-26)23-10-8-11-25(30)17-23/h6-15,17-19H,5,16H2,1-4H3,(H,33,34)/b7-6+,24-9+. The van der Waals surface area contributed by atoms with Crippen LogP contribution in [-0.2, 0) is 11.2 Å². The Morgan fingerprint density at radius 1 is 1.09 bits per heavy atom. The number of hydrogen-bond acceptors (Lipinski definition) is 3. The van der Waals surface area contributed by atoms with Gasteiger partial charge in [-0.2, -0.15) is 0 Å². The van der Waals surface area contributed by atoms with Crippen LogP contribution in [-0.4, -0.2) is 15.9 Å². The third-order valence-electron chi connectivity index (χ3n) is 5.03. The van der Waals surface area contributed by atoms with Crippen LogP contribution in [0.3, 0.4) is 0 Å². The molecule has 4 nitrogen and oxygen atoms in total. The van der Waals surface area contributed by atoms with E-state index in [2.05, 4.69) is 54.3 Å². The van der Waals surface area contributed by atoms with Crippen LogP contribution in [0.15, 0.2) is 84.7 Å². The summed E-state index contributed by atoms with van der Waals surface area (Å²) in [5.74, 6) is -0.465. The number of nitrogens with one attached hydrogen (secondary N) is 1. The summed E-state index contributed by atoms with van der Waals surface area (Å²) in [5, 5.41) is 2.86. The fourth-order valence-electron chi connectivity index (χ4n) is 3.52. The quantitative estimate of drug-likeness (QED) is 0.369. The van der Waals surface area contributed by atoms with E-state index in [-0.39, 0.29) is 18.1 Å². The first-order chi connectivity index (χ1) is 16.4. The van der Waals surface area contributed by atoms with Gasteiger partial charge in [-0.1, -0.05) is 55.0 Å². The van der Waals surface area contributed by atoms with E-state index in [4.69, 9.17) is 0 Å². The Hall–Kier alpha value is -3.86. The smallest absolute Gasteiger partial charge is 0.228 e. The van der Waals surface area contributed by atoms with Crippen LogP contribution in [0.4, 0.5) is 10.1 Å². The van der Waals surface area contributed by atoms with Gasteiger partial charge in [-0.3, -0.25) is 14.8 Å². The first-order valence-electron chi connectivity index (χ1n) is 11.3. The number of nitrogens with zero attached hydrogens (tertiary/aromatic N) is 2. The average molecular weight is 456 g/mol. The van der Waals surface area contributed by atoms with Gasteiger partial charge in [0.15, 0.2) is 0 Å². The number of hydrogen-bond donors (Lipinski definition) is 1. The zero-order valence-corrected chi connectivity index (χ0v) is 20.1. The molecule has 0 unspecified atom stereocenters. The van der Waals surface area contributed by atoms with Gasteiger partial charge in [-0.25, -0.2) is 4.39 Å². The van der Waals surface area contributed by atoms with Crippen molar-refractivity contribution >= 4 is 17.2 Å². The number of pyridine rings is 2. The number of benzene rings is 1. The minimum Gasteiger partial charge on any atom is -0.324 e. The largest absolute Gasteiger partial charge is 0.324 e. The van der Waals surface area contributed by atoms with Gasteiger partial charge in [-0.05, 0) is 62.6 Å². The van der Waals surface area contributed by atoms with Crippen molar-refractivity contribution in [3.05, 3.63) is 107 Å². The van der Waals surface area contributed by atoms with Crippen molar-refractivity contribution in [3.8, 4) is 11.3 Å². The fourth-order valence-corrected chi connectivity index (χ4v) is 3.52. The molecule has 0 aliphatic carbocycles. The van der Waals surface area contributed by atoms with Gasteiger partial charge < -0.3 is 5.32 Å². The monoisotopic (exact) mass is 455 g/mol. The molecule has 174 valence electrons. The molecule has 2 aromatic heterocycles. The molecule has 0 spiro atoms. The maximum atomic E-state index is 13.4. The van der Waals surface area contributed by atoms with Crippen LogP contribution < -0.4 is 5.32 Å². The summed E-state index contributed by atoms with van der Waals surface area (Å²) in [4.78, 5) is 21.6. The molecule has 0 saturated carbocycles. The maximum Gasteiger partial charge on any atom is 0.228 e. The van der Waals surface area contributed by atoms with Crippen LogP contribution in [0.5, 0.6) is 0 Å². The molecule has 0 atom stereocenters. The number of allylic oxidation sites excluding steroid dienone is 6. The molecular formula is C29H30FN3O. The van der Waals surface area contributed by atoms with Gasteiger partial charge in [0.05, 0.1) is 29.7 Å². The normalized spacial score (nSPS) is 11.5. The van der Waals surface area contributed by atoms with Crippen molar-refractivity contribution in [2.75, 3.05) is 5.32 Å². The van der Waals surface area contributed by atoms with E-state index in [0.29, 0.717) is 16.9 Å².